The van der Waals surface area contributed by atoms with Crippen LogP contribution in [0, 0.1) is 11.3 Å². The Labute approximate surface area is 155 Å². The fourth-order valence-corrected chi connectivity index (χ4v) is 2.90. The largest absolute Gasteiger partial charge is 0.466 e. The van der Waals surface area contributed by atoms with Gasteiger partial charge in [-0.1, -0.05) is 17.8 Å². The molecule has 2 aromatic rings. The number of hydrogen-bond donors (Lipinski definition) is 1. The maximum absolute atomic E-state index is 12.4. The van der Waals surface area contributed by atoms with E-state index >= 15 is 0 Å². The number of anilines is 1. The number of rotatable bonds is 7. The highest BCUT2D eigenvalue weighted by Gasteiger charge is 2.20. The van der Waals surface area contributed by atoms with Gasteiger partial charge in [-0.05, 0) is 32.0 Å². The summed E-state index contributed by atoms with van der Waals surface area (Å²) in [7, 11) is 1.73. The van der Waals surface area contributed by atoms with Gasteiger partial charge in [-0.3, -0.25) is 9.59 Å². The van der Waals surface area contributed by atoms with Crippen LogP contribution in [0.3, 0.4) is 0 Å². The fourth-order valence-electron chi connectivity index (χ4n) is 2.06. The van der Waals surface area contributed by atoms with E-state index in [4.69, 9.17) is 10.00 Å². The number of carbonyl (C=O) groups is 2. The second-order valence-electron chi connectivity index (χ2n) is 5.38. The zero-order valence-corrected chi connectivity index (χ0v) is 15.5. The minimum atomic E-state index is -0.445. The molecule has 0 aliphatic carbocycles. The van der Waals surface area contributed by atoms with E-state index in [9.17, 15) is 9.59 Å². The summed E-state index contributed by atoms with van der Waals surface area (Å²) in [5, 5.41) is 19.8. The van der Waals surface area contributed by atoms with Crippen molar-refractivity contribution < 1.29 is 14.3 Å². The van der Waals surface area contributed by atoms with Crippen LogP contribution in [0.4, 0.5) is 5.69 Å². The van der Waals surface area contributed by atoms with Gasteiger partial charge in [0.15, 0.2) is 5.16 Å². The average Bonchev–Trinajstić information content (AvgIpc) is 2.95. The molecule has 1 aromatic heterocycles. The number of nitriles is 1. The van der Waals surface area contributed by atoms with E-state index in [0.29, 0.717) is 28.8 Å². The van der Waals surface area contributed by atoms with E-state index in [2.05, 4.69) is 15.5 Å². The monoisotopic (exact) mass is 373 g/mol. The first-order valence-electron chi connectivity index (χ1n) is 7.96. The molecule has 1 N–H and O–H groups in total. The lowest BCUT2D eigenvalue weighted by Crippen LogP contribution is -2.23. The van der Waals surface area contributed by atoms with Gasteiger partial charge in [-0.25, -0.2) is 0 Å². The van der Waals surface area contributed by atoms with Gasteiger partial charge in [0.05, 0.1) is 23.5 Å². The Morgan fingerprint density at radius 1 is 1.42 bits per heavy atom. The first kappa shape index (κ1) is 19.5. The quantitative estimate of drug-likeness (QED) is 0.583. The second-order valence-corrected chi connectivity index (χ2v) is 6.69. The number of carbonyl (C=O) groups excluding carboxylic acids is 2. The standard InChI is InChI=1S/C17H19N5O3S/c1-4-25-15(23)9-14-20-21-17(22(14)3)26-11(2)16(24)19-13-7-5-6-12(8-13)10-18/h5-8,11H,4,9H2,1-3H3,(H,19,24)/t11-/m1/s1. The summed E-state index contributed by atoms with van der Waals surface area (Å²) < 4.78 is 6.57. The molecular weight excluding hydrogens is 354 g/mol. The van der Waals surface area contributed by atoms with Crippen molar-refractivity contribution in [1.29, 1.82) is 5.26 Å². The molecule has 26 heavy (non-hydrogen) atoms. The highest BCUT2D eigenvalue weighted by molar-refractivity contribution is 8.00. The van der Waals surface area contributed by atoms with Crippen molar-refractivity contribution in [3.63, 3.8) is 0 Å². The molecule has 1 atom stereocenters. The van der Waals surface area contributed by atoms with Gasteiger partial charge in [0, 0.05) is 12.7 Å². The van der Waals surface area contributed by atoms with Crippen LogP contribution in [0.2, 0.25) is 0 Å². The first-order valence-corrected chi connectivity index (χ1v) is 8.84. The minimum Gasteiger partial charge on any atom is -0.466 e. The van der Waals surface area contributed by atoms with Crippen molar-refractivity contribution in [2.45, 2.75) is 30.7 Å². The Hall–Kier alpha value is -2.86. The van der Waals surface area contributed by atoms with Crippen molar-refractivity contribution in [2.24, 2.45) is 7.05 Å². The molecule has 136 valence electrons. The molecule has 1 heterocycles. The third-order valence-corrected chi connectivity index (χ3v) is 4.58. The van der Waals surface area contributed by atoms with Gasteiger partial charge in [0.2, 0.25) is 5.91 Å². The molecular formula is C17H19N5O3S. The molecule has 1 amide bonds. The Morgan fingerprint density at radius 3 is 2.88 bits per heavy atom. The topological polar surface area (TPSA) is 110 Å². The molecule has 0 aliphatic heterocycles. The van der Waals surface area contributed by atoms with Crippen molar-refractivity contribution in [3.05, 3.63) is 35.7 Å². The lowest BCUT2D eigenvalue weighted by Gasteiger charge is -2.11. The highest BCUT2D eigenvalue weighted by Crippen LogP contribution is 2.23. The highest BCUT2D eigenvalue weighted by atomic mass is 32.2. The lowest BCUT2D eigenvalue weighted by atomic mass is 10.2. The summed E-state index contributed by atoms with van der Waals surface area (Å²) in [6.07, 6.45) is 0.0272. The summed E-state index contributed by atoms with van der Waals surface area (Å²) >= 11 is 1.23. The minimum absolute atomic E-state index is 0.0272. The zero-order chi connectivity index (χ0) is 19.1. The molecule has 0 aliphatic rings. The zero-order valence-electron chi connectivity index (χ0n) is 14.7. The van der Waals surface area contributed by atoms with E-state index in [1.165, 1.54) is 11.8 Å². The Bertz CT molecular complexity index is 843. The number of thioether (sulfide) groups is 1. The Kier molecular flexibility index (Phi) is 6.74. The normalized spacial score (nSPS) is 11.5. The molecule has 0 radical (unpaired) electrons. The SMILES string of the molecule is CCOC(=O)Cc1nnc(S[C@H](C)C(=O)Nc2cccc(C#N)c2)n1C. The molecule has 0 unspecified atom stereocenters. The van der Waals surface area contributed by atoms with Crippen molar-refractivity contribution in [2.75, 3.05) is 11.9 Å². The van der Waals surface area contributed by atoms with Crippen LogP contribution < -0.4 is 5.32 Å². The fraction of sp³-hybridized carbons (Fsp3) is 0.353. The van der Waals surface area contributed by atoms with E-state index in [-0.39, 0.29) is 18.3 Å². The molecule has 0 saturated heterocycles. The molecule has 0 fully saturated rings. The smallest absolute Gasteiger partial charge is 0.313 e. The maximum atomic E-state index is 12.4. The number of nitrogens with one attached hydrogen (secondary N) is 1. The van der Waals surface area contributed by atoms with Gasteiger partial charge >= 0.3 is 5.97 Å². The second kappa shape index (κ2) is 9.01. The van der Waals surface area contributed by atoms with Crippen LogP contribution in [-0.4, -0.2) is 38.5 Å². The van der Waals surface area contributed by atoms with Crippen LogP contribution in [-0.2, 0) is 27.8 Å². The third-order valence-electron chi connectivity index (χ3n) is 3.44. The Morgan fingerprint density at radius 2 is 2.19 bits per heavy atom. The molecule has 1 aromatic carbocycles. The molecule has 0 saturated carbocycles. The van der Waals surface area contributed by atoms with Crippen LogP contribution in [0.25, 0.3) is 0 Å². The number of ether oxygens (including phenoxy) is 1. The molecule has 8 nitrogen and oxygen atoms in total. The van der Waals surface area contributed by atoms with Crippen molar-refractivity contribution >= 4 is 29.3 Å². The lowest BCUT2D eigenvalue weighted by molar-refractivity contribution is -0.142. The molecule has 9 heteroatoms. The average molecular weight is 373 g/mol. The van der Waals surface area contributed by atoms with Gasteiger partial charge in [0.25, 0.3) is 0 Å². The Balaban J connectivity index is 1.99. The van der Waals surface area contributed by atoms with Crippen molar-refractivity contribution in [1.82, 2.24) is 14.8 Å². The number of esters is 1. The first-order chi connectivity index (χ1) is 12.4. The van der Waals surface area contributed by atoms with Crippen LogP contribution in [0.1, 0.15) is 25.2 Å². The van der Waals surface area contributed by atoms with Crippen molar-refractivity contribution in [3.8, 4) is 6.07 Å². The van der Waals surface area contributed by atoms with E-state index in [1.54, 1.807) is 49.7 Å². The van der Waals surface area contributed by atoms with E-state index < -0.39 is 5.25 Å². The van der Waals surface area contributed by atoms with Crippen LogP contribution in [0.15, 0.2) is 29.4 Å². The number of hydrogen-bond acceptors (Lipinski definition) is 7. The van der Waals surface area contributed by atoms with Gasteiger partial charge < -0.3 is 14.6 Å². The third kappa shape index (κ3) is 5.07. The van der Waals surface area contributed by atoms with E-state index in [0.717, 1.165) is 0 Å². The summed E-state index contributed by atoms with van der Waals surface area (Å²) in [5.74, 6) is -0.122. The van der Waals surface area contributed by atoms with Gasteiger partial charge in [-0.15, -0.1) is 10.2 Å². The predicted molar refractivity (Wildman–Crippen MR) is 96.4 cm³/mol. The van der Waals surface area contributed by atoms with Crippen LogP contribution >= 0.6 is 11.8 Å². The summed E-state index contributed by atoms with van der Waals surface area (Å²) in [4.78, 5) is 23.9. The van der Waals surface area contributed by atoms with Gasteiger partial charge in [-0.2, -0.15) is 5.26 Å². The number of aromatic nitrogens is 3. The van der Waals surface area contributed by atoms with Crippen LogP contribution in [0.5, 0.6) is 0 Å². The molecule has 0 spiro atoms. The number of benzene rings is 1. The summed E-state index contributed by atoms with van der Waals surface area (Å²) in [6.45, 7) is 3.79. The van der Waals surface area contributed by atoms with Gasteiger partial charge in [0.1, 0.15) is 12.2 Å². The van der Waals surface area contributed by atoms with E-state index in [1.807, 2.05) is 6.07 Å². The number of amides is 1. The molecule has 2 rings (SSSR count). The predicted octanol–water partition coefficient (Wildman–Crippen LogP) is 1.91. The molecule has 0 bridgehead atoms. The summed E-state index contributed by atoms with van der Waals surface area (Å²) in [5.41, 5.74) is 1.03. The summed E-state index contributed by atoms with van der Waals surface area (Å²) in [6, 6.07) is 8.72. The maximum Gasteiger partial charge on any atom is 0.313 e. The number of nitrogens with zero attached hydrogens (tertiary/aromatic N) is 4.